The van der Waals surface area contributed by atoms with E-state index in [1.54, 1.807) is 7.11 Å². The first-order valence-electron chi connectivity index (χ1n) is 6.12. The summed E-state index contributed by atoms with van der Waals surface area (Å²) in [5.41, 5.74) is 5.57. The molecule has 1 fully saturated rings. The molecule has 0 aromatic heterocycles. The van der Waals surface area contributed by atoms with Crippen LogP contribution in [0.3, 0.4) is 0 Å². The van der Waals surface area contributed by atoms with E-state index in [-0.39, 0.29) is 17.6 Å². The van der Waals surface area contributed by atoms with Crippen LogP contribution in [0.15, 0.2) is 0 Å². The number of likely N-dealkylation sites (N-methyl/N-ethyl adjacent to an activating group) is 1. The minimum Gasteiger partial charge on any atom is -0.380 e. The maximum atomic E-state index is 12.1. The van der Waals surface area contributed by atoms with Crippen LogP contribution < -0.4 is 5.73 Å². The first-order chi connectivity index (χ1) is 7.90. The molecular weight excluding hydrogens is 218 g/mol. The quantitative estimate of drug-likeness (QED) is 0.749. The Bertz CT molecular complexity index is 264. The van der Waals surface area contributed by atoms with E-state index in [4.69, 9.17) is 10.5 Å². The number of rotatable bonds is 4. The Kier molecular flexibility index (Phi) is 4.91. The van der Waals surface area contributed by atoms with Gasteiger partial charge in [0.2, 0.25) is 5.91 Å². The fraction of sp³-hybridized carbons (Fsp3) is 0.917. The number of methoxy groups -OCH3 is 1. The largest absolute Gasteiger partial charge is 0.380 e. The van der Waals surface area contributed by atoms with Crippen LogP contribution >= 0.6 is 0 Å². The molecule has 0 radical (unpaired) electrons. The third kappa shape index (κ3) is 3.66. The number of nitrogens with zero attached hydrogens (tertiary/aromatic N) is 2. The molecule has 0 spiro atoms. The lowest BCUT2D eigenvalue weighted by Crippen LogP contribution is -2.59. The minimum absolute atomic E-state index is 0.0409. The molecule has 100 valence electrons. The summed E-state index contributed by atoms with van der Waals surface area (Å²) in [4.78, 5) is 16.3. The van der Waals surface area contributed by atoms with Gasteiger partial charge in [-0.3, -0.25) is 9.69 Å². The van der Waals surface area contributed by atoms with E-state index in [0.717, 1.165) is 19.6 Å². The van der Waals surface area contributed by atoms with Gasteiger partial charge in [0.1, 0.15) is 0 Å². The van der Waals surface area contributed by atoms with Crippen molar-refractivity contribution < 1.29 is 9.53 Å². The van der Waals surface area contributed by atoms with Crippen LogP contribution in [-0.2, 0) is 9.53 Å². The van der Waals surface area contributed by atoms with Crippen LogP contribution in [0.4, 0.5) is 0 Å². The first-order valence-corrected chi connectivity index (χ1v) is 6.12. The molecule has 1 rings (SSSR count). The predicted octanol–water partition coefficient (Wildman–Crippen LogP) is -0.0972. The molecule has 0 aromatic rings. The van der Waals surface area contributed by atoms with Gasteiger partial charge in [-0.1, -0.05) is 0 Å². The average molecular weight is 243 g/mol. The van der Waals surface area contributed by atoms with Crippen LogP contribution in [0.2, 0.25) is 0 Å². The van der Waals surface area contributed by atoms with E-state index >= 15 is 0 Å². The fourth-order valence-corrected chi connectivity index (χ4v) is 2.04. The van der Waals surface area contributed by atoms with E-state index in [9.17, 15) is 4.79 Å². The number of ether oxygens (including phenoxy) is 1. The topological polar surface area (TPSA) is 58.8 Å². The van der Waals surface area contributed by atoms with Crippen molar-refractivity contribution in [2.75, 3.05) is 40.3 Å². The molecule has 1 aliphatic heterocycles. The maximum absolute atomic E-state index is 12.1. The van der Waals surface area contributed by atoms with Crippen molar-refractivity contribution in [3.63, 3.8) is 0 Å². The highest BCUT2D eigenvalue weighted by Gasteiger charge is 2.33. The number of hydrogen-bond donors (Lipinski definition) is 1. The normalized spacial score (nSPS) is 22.5. The van der Waals surface area contributed by atoms with Gasteiger partial charge in [0.15, 0.2) is 0 Å². The molecule has 1 unspecified atom stereocenters. The third-order valence-electron chi connectivity index (χ3n) is 3.67. The SMILES string of the molecule is COC(CN)CC(=O)N1CCN(C)C(C)(C)C1. The Morgan fingerprint density at radius 1 is 1.47 bits per heavy atom. The second-order valence-electron chi connectivity index (χ2n) is 5.35. The molecular formula is C12H25N3O2. The third-order valence-corrected chi connectivity index (χ3v) is 3.67. The summed E-state index contributed by atoms with van der Waals surface area (Å²) in [6.07, 6.45) is 0.220. The van der Waals surface area contributed by atoms with Crippen molar-refractivity contribution in [2.45, 2.75) is 31.9 Å². The van der Waals surface area contributed by atoms with Gasteiger partial charge < -0.3 is 15.4 Å². The summed E-state index contributed by atoms with van der Waals surface area (Å²) in [6.45, 7) is 7.17. The van der Waals surface area contributed by atoms with Crippen molar-refractivity contribution in [3.05, 3.63) is 0 Å². The molecule has 5 heteroatoms. The molecule has 1 saturated heterocycles. The average Bonchev–Trinajstić information content (AvgIpc) is 2.29. The monoisotopic (exact) mass is 243 g/mol. The molecule has 1 atom stereocenters. The minimum atomic E-state index is -0.162. The lowest BCUT2D eigenvalue weighted by Gasteiger charge is -2.45. The van der Waals surface area contributed by atoms with Gasteiger partial charge >= 0.3 is 0 Å². The highest BCUT2D eigenvalue weighted by molar-refractivity contribution is 5.77. The number of hydrogen-bond acceptors (Lipinski definition) is 4. The zero-order chi connectivity index (χ0) is 13.1. The molecule has 17 heavy (non-hydrogen) atoms. The lowest BCUT2D eigenvalue weighted by atomic mass is 9.99. The Labute approximate surface area is 104 Å². The number of carbonyl (C=O) groups excluding carboxylic acids is 1. The zero-order valence-electron chi connectivity index (χ0n) is 11.4. The van der Waals surface area contributed by atoms with E-state index in [0.29, 0.717) is 13.0 Å². The van der Waals surface area contributed by atoms with Crippen LogP contribution in [0, 0.1) is 0 Å². The molecule has 5 nitrogen and oxygen atoms in total. The molecule has 1 aliphatic rings. The van der Waals surface area contributed by atoms with E-state index in [1.807, 2.05) is 4.90 Å². The van der Waals surface area contributed by atoms with Crippen LogP contribution in [0.1, 0.15) is 20.3 Å². The van der Waals surface area contributed by atoms with Gasteiger partial charge in [0.25, 0.3) is 0 Å². The van der Waals surface area contributed by atoms with E-state index < -0.39 is 0 Å². The lowest BCUT2D eigenvalue weighted by molar-refractivity contribution is -0.138. The highest BCUT2D eigenvalue weighted by atomic mass is 16.5. The summed E-state index contributed by atoms with van der Waals surface area (Å²) in [5, 5.41) is 0. The standard InChI is InChI=1S/C12H25N3O2/c1-12(2)9-15(6-5-14(12)3)11(16)7-10(8-13)17-4/h10H,5-9,13H2,1-4H3. The van der Waals surface area contributed by atoms with Crippen LogP contribution in [-0.4, -0.2) is 67.7 Å². The summed E-state index contributed by atoms with van der Waals surface area (Å²) in [6, 6.07) is 0. The Morgan fingerprint density at radius 3 is 2.59 bits per heavy atom. The van der Waals surface area contributed by atoms with Gasteiger partial charge in [-0.2, -0.15) is 0 Å². The number of nitrogens with two attached hydrogens (primary N) is 1. The van der Waals surface area contributed by atoms with Crippen molar-refractivity contribution in [1.82, 2.24) is 9.80 Å². The molecule has 0 aromatic carbocycles. The fourth-order valence-electron chi connectivity index (χ4n) is 2.04. The Balaban J connectivity index is 2.53. The van der Waals surface area contributed by atoms with Crippen LogP contribution in [0.25, 0.3) is 0 Å². The van der Waals surface area contributed by atoms with Crippen LogP contribution in [0.5, 0.6) is 0 Å². The molecule has 1 amide bonds. The second-order valence-corrected chi connectivity index (χ2v) is 5.35. The van der Waals surface area contributed by atoms with Gasteiger partial charge in [-0.15, -0.1) is 0 Å². The molecule has 1 heterocycles. The Morgan fingerprint density at radius 2 is 2.12 bits per heavy atom. The van der Waals surface area contributed by atoms with E-state index in [1.165, 1.54) is 0 Å². The number of carbonyl (C=O) groups is 1. The van der Waals surface area contributed by atoms with Gasteiger partial charge in [-0.05, 0) is 20.9 Å². The summed E-state index contributed by atoms with van der Waals surface area (Å²) in [5.74, 6) is 0.142. The van der Waals surface area contributed by atoms with E-state index in [2.05, 4.69) is 25.8 Å². The number of amides is 1. The predicted molar refractivity (Wildman–Crippen MR) is 67.8 cm³/mol. The number of piperazine rings is 1. The van der Waals surface area contributed by atoms with Gasteiger partial charge in [0, 0.05) is 38.8 Å². The second kappa shape index (κ2) is 5.80. The highest BCUT2D eigenvalue weighted by Crippen LogP contribution is 2.19. The molecule has 2 N–H and O–H groups in total. The maximum Gasteiger partial charge on any atom is 0.225 e. The first kappa shape index (κ1) is 14.4. The van der Waals surface area contributed by atoms with Crippen molar-refractivity contribution in [1.29, 1.82) is 0 Å². The molecule has 0 bridgehead atoms. The molecule has 0 saturated carbocycles. The Hall–Kier alpha value is -0.650. The summed E-state index contributed by atoms with van der Waals surface area (Å²) < 4.78 is 5.15. The molecule has 0 aliphatic carbocycles. The zero-order valence-corrected chi connectivity index (χ0v) is 11.4. The van der Waals surface area contributed by atoms with Crippen molar-refractivity contribution >= 4 is 5.91 Å². The summed E-state index contributed by atoms with van der Waals surface area (Å²) in [7, 11) is 3.69. The summed E-state index contributed by atoms with van der Waals surface area (Å²) >= 11 is 0. The smallest absolute Gasteiger partial charge is 0.225 e. The van der Waals surface area contributed by atoms with Gasteiger partial charge in [-0.25, -0.2) is 0 Å². The van der Waals surface area contributed by atoms with Gasteiger partial charge in [0.05, 0.1) is 12.5 Å². The van der Waals surface area contributed by atoms with Crippen molar-refractivity contribution in [2.24, 2.45) is 5.73 Å². The van der Waals surface area contributed by atoms with Crippen molar-refractivity contribution in [3.8, 4) is 0 Å².